The van der Waals surface area contributed by atoms with Crippen LogP contribution in [0.5, 0.6) is 11.5 Å². The zero-order valence-corrected chi connectivity index (χ0v) is 19.6. The van der Waals surface area contributed by atoms with Gasteiger partial charge in [-0.05, 0) is 61.1 Å². The first-order chi connectivity index (χ1) is 16.7. The SMILES string of the molecule is COc1c(-c2ccc3c(c2)CCC2(CCN(C(=O)[C@H]4CCCO4)CC2)O3)ccc2cccnc12. The van der Waals surface area contributed by atoms with Crippen LogP contribution < -0.4 is 9.47 Å². The molecule has 0 radical (unpaired) electrons. The van der Waals surface area contributed by atoms with Gasteiger partial charge in [0, 0.05) is 49.7 Å². The summed E-state index contributed by atoms with van der Waals surface area (Å²) in [5, 5.41) is 1.07. The van der Waals surface area contributed by atoms with Gasteiger partial charge in [0.25, 0.3) is 5.91 Å². The fraction of sp³-hybridized carbons (Fsp3) is 0.429. The van der Waals surface area contributed by atoms with Gasteiger partial charge in [0.05, 0.1) is 7.11 Å². The van der Waals surface area contributed by atoms with Gasteiger partial charge in [0.2, 0.25) is 0 Å². The molecule has 1 amide bonds. The Morgan fingerprint density at radius 1 is 1.15 bits per heavy atom. The third kappa shape index (κ3) is 3.70. The maximum Gasteiger partial charge on any atom is 0.251 e. The van der Waals surface area contributed by atoms with Crippen molar-refractivity contribution in [1.82, 2.24) is 9.88 Å². The molecule has 0 aliphatic carbocycles. The first-order valence-corrected chi connectivity index (χ1v) is 12.3. The Bertz CT molecular complexity index is 1230. The number of nitrogens with zero attached hydrogens (tertiary/aromatic N) is 2. The fourth-order valence-corrected chi connectivity index (χ4v) is 5.70. The van der Waals surface area contributed by atoms with Crippen molar-refractivity contribution in [2.45, 2.75) is 50.2 Å². The highest BCUT2D eigenvalue weighted by atomic mass is 16.5. The number of piperidine rings is 1. The van der Waals surface area contributed by atoms with Crippen molar-refractivity contribution in [2.24, 2.45) is 0 Å². The van der Waals surface area contributed by atoms with Crippen LogP contribution >= 0.6 is 0 Å². The number of rotatable bonds is 3. The topological polar surface area (TPSA) is 60.9 Å². The lowest BCUT2D eigenvalue weighted by molar-refractivity contribution is -0.144. The number of benzene rings is 2. The molecule has 34 heavy (non-hydrogen) atoms. The summed E-state index contributed by atoms with van der Waals surface area (Å²) in [6.45, 7) is 2.19. The van der Waals surface area contributed by atoms with Crippen LogP contribution in [0.2, 0.25) is 0 Å². The number of methoxy groups -OCH3 is 1. The van der Waals surface area contributed by atoms with E-state index in [0.29, 0.717) is 6.61 Å². The molecule has 2 saturated heterocycles. The number of ether oxygens (including phenoxy) is 3. The molecule has 1 spiro atoms. The standard InChI is InChI=1S/C28H30N2O4/c1-32-26-22(8-6-19-4-2-14-29-25(19)26)20-7-9-23-21(18-20)10-11-28(34-23)12-15-30(16-13-28)27(31)24-5-3-17-33-24/h2,4,6-9,14,18,24H,3,5,10-13,15-17H2,1H3/t24-/m1/s1. The molecule has 3 aliphatic heterocycles. The maximum atomic E-state index is 12.7. The number of aryl methyl sites for hydroxylation is 1. The van der Waals surface area contributed by atoms with E-state index >= 15 is 0 Å². The second-order valence-electron chi connectivity index (χ2n) is 9.66. The molecular weight excluding hydrogens is 428 g/mol. The van der Waals surface area contributed by atoms with E-state index < -0.39 is 0 Å². The molecule has 1 atom stereocenters. The zero-order chi connectivity index (χ0) is 23.1. The number of fused-ring (bicyclic) bond motifs is 2. The molecule has 4 heterocycles. The molecule has 0 bridgehead atoms. The quantitative estimate of drug-likeness (QED) is 0.566. The highest BCUT2D eigenvalue weighted by molar-refractivity contribution is 5.92. The maximum absolute atomic E-state index is 12.7. The summed E-state index contributed by atoms with van der Waals surface area (Å²) in [6, 6.07) is 14.6. The fourth-order valence-electron chi connectivity index (χ4n) is 5.70. The molecule has 6 heteroatoms. The summed E-state index contributed by atoms with van der Waals surface area (Å²) in [7, 11) is 1.70. The molecule has 0 saturated carbocycles. The van der Waals surface area contributed by atoms with Crippen LogP contribution in [0.4, 0.5) is 0 Å². The molecule has 176 valence electrons. The van der Waals surface area contributed by atoms with Gasteiger partial charge in [-0.15, -0.1) is 0 Å². The van der Waals surface area contributed by atoms with E-state index in [9.17, 15) is 4.79 Å². The van der Waals surface area contributed by atoms with Crippen LogP contribution in [0.3, 0.4) is 0 Å². The van der Waals surface area contributed by atoms with Gasteiger partial charge in [0.1, 0.15) is 23.0 Å². The normalized spacial score (nSPS) is 21.3. The number of likely N-dealkylation sites (tertiary alicyclic amines) is 1. The zero-order valence-electron chi connectivity index (χ0n) is 19.6. The number of aromatic nitrogens is 1. The van der Waals surface area contributed by atoms with Crippen molar-refractivity contribution < 1.29 is 19.0 Å². The first-order valence-electron chi connectivity index (χ1n) is 12.3. The average Bonchev–Trinajstić information content (AvgIpc) is 3.43. The van der Waals surface area contributed by atoms with Crippen LogP contribution in [-0.4, -0.2) is 54.3 Å². The Kier molecular flexibility index (Phi) is 5.41. The number of carbonyl (C=O) groups excluding carboxylic acids is 1. The third-order valence-corrected chi connectivity index (χ3v) is 7.67. The molecule has 0 N–H and O–H groups in total. The monoisotopic (exact) mass is 458 g/mol. The van der Waals surface area contributed by atoms with Crippen molar-refractivity contribution in [2.75, 3.05) is 26.8 Å². The lowest BCUT2D eigenvalue weighted by atomic mass is 9.82. The first kappa shape index (κ1) is 21.4. The van der Waals surface area contributed by atoms with Gasteiger partial charge in [-0.1, -0.05) is 18.2 Å². The molecule has 6 rings (SSSR count). The van der Waals surface area contributed by atoms with Crippen LogP contribution in [0, 0.1) is 0 Å². The number of pyridine rings is 1. The van der Waals surface area contributed by atoms with Crippen LogP contribution in [0.15, 0.2) is 48.7 Å². The Hall–Kier alpha value is -3.12. The average molecular weight is 459 g/mol. The van der Waals surface area contributed by atoms with Gasteiger partial charge in [-0.2, -0.15) is 0 Å². The Morgan fingerprint density at radius 3 is 2.82 bits per heavy atom. The van der Waals surface area contributed by atoms with Crippen molar-refractivity contribution in [3.05, 3.63) is 54.2 Å². The molecule has 1 aromatic heterocycles. The number of hydrogen-bond acceptors (Lipinski definition) is 5. The molecule has 0 unspecified atom stereocenters. The lowest BCUT2D eigenvalue weighted by Crippen LogP contribution is -2.52. The smallest absolute Gasteiger partial charge is 0.251 e. The molecule has 2 fully saturated rings. The van der Waals surface area contributed by atoms with E-state index in [0.717, 1.165) is 85.1 Å². The van der Waals surface area contributed by atoms with Gasteiger partial charge in [-0.25, -0.2) is 0 Å². The highest BCUT2D eigenvalue weighted by Gasteiger charge is 2.41. The van der Waals surface area contributed by atoms with E-state index in [-0.39, 0.29) is 17.6 Å². The molecular formula is C28H30N2O4. The van der Waals surface area contributed by atoms with Crippen LogP contribution in [0.25, 0.3) is 22.0 Å². The summed E-state index contributed by atoms with van der Waals surface area (Å²) in [4.78, 5) is 19.2. The lowest BCUT2D eigenvalue weighted by Gasteiger charge is -2.45. The predicted molar refractivity (Wildman–Crippen MR) is 130 cm³/mol. The summed E-state index contributed by atoms with van der Waals surface area (Å²) in [5.74, 6) is 1.92. The minimum Gasteiger partial charge on any atom is -0.494 e. The van der Waals surface area contributed by atoms with Crippen LogP contribution in [0.1, 0.15) is 37.7 Å². The molecule has 6 nitrogen and oxygen atoms in total. The van der Waals surface area contributed by atoms with Crippen molar-refractivity contribution in [1.29, 1.82) is 0 Å². The second kappa shape index (κ2) is 8.58. The van der Waals surface area contributed by atoms with Gasteiger partial charge >= 0.3 is 0 Å². The van der Waals surface area contributed by atoms with Crippen LogP contribution in [-0.2, 0) is 16.0 Å². The largest absolute Gasteiger partial charge is 0.494 e. The molecule has 3 aliphatic rings. The minimum atomic E-state index is -0.234. The summed E-state index contributed by atoms with van der Waals surface area (Å²) < 4.78 is 18.0. The Balaban J connectivity index is 1.20. The summed E-state index contributed by atoms with van der Waals surface area (Å²) >= 11 is 0. The number of hydrogen-bond donors (Lipinski definition) is 0. The third-order valence-electron chi connectivity index (χ3n) is 7.67. The minimum absolute atomic E-state index is 0.159. The van der Waals surface area contributed by atoms with E-state index in [2.05, 4.69) is 41.4 Å². The van der Waals surface area contributed by atoms with E-state index in [1.54, 1.807) is 13.3 Å². The molecule has 3 aromatic rings. The van der Waals surface area contributed by atoms with Crippen molar-refractivity contribution >= 4 is 16.8 Å². The van der Waals surface area contributed by atoms with Gasteiger partial charge in [-0.3, -0.25) is 9.78 Å². The number of carbonyl (C=O) groups is 1. The highest BCUT2D eigenvalue weighted by Crippen LogP contribution is 2.43. The van der Waals surface area contributed by atoms with Crippen molar-refractivity contribution in [3.8, 4) is 22.6 Å². The Labute approximate surface area is 199 Å². The summed E-state index contributed by atoms with van der Waals surface area (Å²) in [6.07, 6.45) is 7.09. The van der Waals surface area contributed by atoms with Crippen molar-refractivity contribution in [3.63, 3.8) is 0 Å². The predicted octanol–water partition coefficient (Wildman–Crippen LogP) is 4.78. The second-order valence-corrected chi connectivity index (χ2v) is 9.66. The van der Waals surface area contributed by atoms with Gasteiger partial charge < -0.3 is 19.1 Å². The van der Waals surface area contributed by atoms with E-state index in [1.807, 2.05) is 11.0 Å². The number of amides is 1. The van der Waals surface area contributed by atoms with E-state index in [4.69, 9.17) is 14.2 Å². The molecule has 2 aromatic carbocycles. The summed E-state index contributed by atoms with van der Waals surface area (Å²) in [5.41, 5.74) is 4.08. The Morgan fingerprint density at radius 2 is 2.03 bits per heavy atom. The van der Waals surface area contributed by atoms with Gasteiger partial charge in [0.15, 0.2) is 5.75 Å². The van der Waals surface area contributed by atoms with E-state index in [1.165, 1.54) is 5.56 Å².